The van der Waals surface area contributed by atoms with E-state index >= 15 is 0 Å². The molecular formula is C31H40N6O2. The quantitative estimate of drug-likeness (QED) is 0.433. The standard InChI is InChI=1S/C31H40N6O2/c1-6-31(13-7-8-14-36(4)30(31)38)25-12-11-24(20-35(2)3)29(16-25)39-28-15-22(9-10-23(28)18-32)27(33)17-26-19-34-21-37(26)5/h9-12,15-16,19,21,27H,6-8,13-14,17,20,33H2,1-5H3/t27?,31-/m0/s1. The molecule has 0 spiro atoms. The summed E-state index contributed by atoms with van der Waals surface area (Å²) in [4.78, 5) is 21.7. The zero-order valence-corrected chi connectivity index (χ0v) is 23.8. The van der Waals surface area contributed by atoms with Gasteiger partial charge in [-0.3, -0.25) is 4.79 Å². The maximum atomic E-state index is 13.6. The van der Waals surface area contributed by atoms with Gasteiger partial charge in [-0.15, -0.1) is 0 Å². The molecule has 1 aliphatic rings. The van der Waals surface area contributed by atoms with Gasteiger partial charge < -0.3 is 24.8 Å². The van der Waals surface area contributed by atoms with Crippen molar-refractivity contribution in [3.05, 3.63) is 76.9 Å². The van der Waals surface area contributed by atoms with Crippen LogP contribution in [0.2, 0.25) is 0 Å². The highest BCUT2D eigenvalue weighted by molar-refractivity contribution is 5.88. The number of rotatable bonds is 9. The van der Waals surface area contributed by atoms with E-state index in [1.165, 1.54) is 0 Å². The van der Waals surface area contributed by atoms with E-state index < -0.39 is 5.41 Å². The van der Waals surface area contributed by atoms with Gasteiger partial charge in [-0.1, -0.05) is 31.5 Å². The third-order valence-corrected chi connectivity index (χ3v) is 7.93. The minimum Gasteiger partial charge on any atom is -0.456 e. The van der Waals surface area contributed by atoms with E-state index in [-0.39, 0.29) is 11.9 Å². The number of hydrogen-bond donors (Lipinski definition) is 1. The number of hydrogen-bond acceptors (Lipinski definition) is 6. The van der Waals surface area contributed by atoms with Gasteiger partial charge in [0.25, 0.3) is 0 Å². The summed E-state index contributed by atoms with van der Waals surface area (Å²) in [6.45, 7) is 3.52. The lowest BCUT2D eigenvalue weighted by Gasteiger charge is -2.34. The number of benzene rings is 2. The van der Waals surface area contributed by atoms with Crippen LogP contribution in [0.4, 0.5) is 0 Å². The van der Waals surface area contributed by atoms with Crippen LogP contribution in [0.25, 0.3) is 0 Å². The number of likely N-dealkylation sites (N-methyl/N-ethyl adjacent to an activating group) is 1. The normalized spacial score (nSPS) is 18.6. The molecule has 8 nitrogen and oxygen atoms in total. The number of aromatic nitrogens is 2. The average molecular weight is 529 g/mol. The van der Waals surface area contributed by atoms with E-state index in [0.29, 0.717) is 36.4 Å². The van der Waals surface area contributed by atoms with E-state index in [0.717, 1.165) is 48.2 Å². The first-order chi connectivity index (χ1) is 18.7. The molecule has 1 aromatic heterocycles. The van der Waals surface area contributed by atoms with Gasteiger partial charge in [0.05, 0.1) is 17.3 Å². The van der Waals surface area contributed by atoms with Crippen LogP contribution >= 0.6 is 0 Å². The van der Waals surface area contributed by atoms with Gasteiger partial charge in [0.1, 0.15) is 17.6 Å². The third kappa shape index (κ3) is 6.00. The number of likely N-dealkylation sites (tertiary alicyclic amines) is 1. The predicted octanol–water partition coefficient (Wildman–Crippen LogP) is 4.68. The van der Waals surface area contributed by atoms with Crippen LogP contribution in [-0.2, 0) is 30.2 Å². The summed E-state index contributed by atoms with van der Waals surface area (Å²) in [5.74, 6) is 1.28. The molecule has 8 heteroatoms. The minimum atomic E-state index is -0.592. The summed E-state index contributed by atoms with van der Waals surface area (Å²) in [6, 6.07) is 13.7. The smallest absolute Gasteiger partial charge is 0.232 e. The molecule has 2 heterocycles. The van der Waals surface area contributed by atoms with Crippen LogP contribution in [0, 0.1) is 11.3 Å². The SMILES string of the molecule is CC[C@@]1(c2ccc(CN(C)C)c(Oc3cc(C(N)Cc4cncn4C)ccc3C#N)c2)CCCCN(C)C1=O. The molecule has 0 aliphatic carbocycles. The average Bonchev–Trinajstić information content (AvgIpc) is 3.26. The molecule has 0 radical (unpaired) electrons. The second-order valence-corrected chi connectivity index (χ2v) is 11.0. The fourth-order valence-corrected chi connectivity index (χ4v) is 5.56. The monoisotopic (exact) mass is 528 g/mol. The Hall–Kier alpha value is -3.67. The number of nitrogens with two attached hydrogens (primary N) is 1. The van der Waals surface area contributed by atoms with Crippen LogP contribution in [0.3, 0.4) is 0 Å². The largest absolute Gasteiger partial charge is 0.456 e. The number of ether oxygens (including phenoxy) is 1. The Morgan fingerprint density at radius 3 is 2.64 bits per heavy atom. The Kier molecular flexibility index (Phi) is 8.73. The lowest BCUT2D eigenvalue weighted by Crippen LogP contribution is -2.43. The first kappa shape index (κ1) is 28.3. The van der Waals surface area contributed by atoms with Gasteiger partial charge in [-0.2, -0.15) is 5.26 Å². The van der Waals surface area contributed by atoms with E-state index in [2.05, 4.69) is 35.0 Å². The zero-order valence-electron chi connectivity index (χ0n) is 23.8. The van der Waals surface area contributed by atoms with Crippen molar-refractivity contribution in [2.24, 2.45) is 12.8 Å². The third-order valence-electron chi connectivity index (χ3n) is 7.93. The first-order valence-electron chi connectivity index (χ1n) is 13.6. The van der Waals surface area contributed by atoms with Crippen molar-refractivity contribution in [2.45, 2.75) is 57.0 Å². The topological polar surface area (TPSA) is 100 Å². The van der Waals surface area contributed by atoms with Gasteiger partial charge in [0, 0.05) is 57.1 Å². The number of nitriles is 1. The molecule has 4 rings (SSSR count). The maximum absolute atomic E-state index is 13.6. The Bertz CT molecular complexity index is 1360. The lowest BCUT2D eigenvalue weighted by atomic mass is 9.73. The van der Waals surface area contributed by atoms with Gasteiger partial charge in [0.2, 0.25) is 5.91 Å². The number of nitrogens with zero attached hydrogens (tertiary/aromatic N) is 5. The zero-order chi connectivity index (χ0) is 28.2. The number of carbonyl (C=O) groups is 1. The van der Waals surface area contributed by atoms with E-state index in [1.54, 1.807) is 12.4 Å². The number of aryl methyl sites for hydroxylation is 1. The van der Waals surface area contributed by atoms with Crippen molar-refractivity contribution >= 4 is 5.91 Å². The molecule has 2 N–H and O–H groups in total. The Morgan fingerprint density at radius 1 is 1.18 bits per heavy atom. The van der Waals surface area contributed by atoms with Crippen LogP contribution in [0.5, 0.6) is 11.5 Å². The van der Waals surface area contributed by atoms with Crippen molar-refractivity contribution < 1.29 is 9.53 Å². The van der Waals surface area contributed by atoms with Gasteiger partial charge in [0.15, 0.2) is 0 Å². The second kappa shape index (κ2) is 12.0. The molecule has 1 unspecified atom stereocenters. The molecule has 2 atom stereocenters. The minimum absolute atomic E-state index is 0.162. The summed E-state index contributed by atoms with van der Waals surface area (Å²) >= 11 is 0. The fourth-order valence-electron chi connectivity index (χ4n) is 5.56. The highest BCUT2D eigenvalue weighted by atomic mass is 16.5. The lowest BCUT2D eigenvalue weighted by molar-refractivity contribution is -0.135. The van der Waals surface area contributed by atoms with E-state index in [4.69, 9.17) is 10.5 Å². The van der Waals surface area contributed by atoms with Crippen LogP contribution in [0.15, 0.2) is 48.9 Å². The second-order valence-electron chi connectivity index (χ2n) is 11.0. The molecule has 39 heavy (non-hydrogen) atoms. The molecule has 1 fully saturated rings. The molecule has 3 aromatic rings. The van der Waals surface area contributed by atoms with Gasteiger partial charge in [-0.05, 0) is 62.7 Å². The molecule has 0 saturated carbocycles. The molecular weight excluding hydrogens is 488 g/mol. The summed E-state index contributed by atoms with van der Waals surface area (Å²) in [5.41, 5.74) is 10.3. The number of amides is 1. The van der Waals surface area contributed by atoms with Gasteiger partial charge in [-0.25, -0.2) is 4.98 Å². The van der Waals surface area contributed by atoms with E-state index in [1.807, 2.05) is 62.1 Å². The van der Waals surface area contributed by atoms with Crippen LogP contribution in [-0.4, -0.2) is 52.9 Å². The highest BCUT2D eigenvalue weighted by Crippen LogP contribution is 2.41. The predicted molar refractivity (Wildman–Crippen MR) is 152 cm³/mol. The molecule has 1 amide bonds. The summed E-state index contributed by atoms with van der Waals surface area (Å²) < 4.78 is 8.50. The maximum Gasteiger partial charge on any atom is 0.232 e. The highest BCUT2D eigenvalue weighted by Gasteiger charge is 2.41. The molecule has 0 bridgehead atoms. The van der Waals surface area contributed by atoms with Crippen molar-refractivity contribution in [2.75, 3.05) is 27.7 Å². The van der Waals surface area contributed by atoms with Crippen molar-refractivity contribution in [3.8, 4) is 17.6 Å². The van der Waals surface area contributed by atoms with Crippen molar-refractivity contribution in [3.63, 3.8) is 0 Å². The van der Waals surface area contributed by atoms with Crippen molar-refractivity contribution in [1.29, 1.82) is 5.26 Å². The summed E-state index contributed by atoms with van der Waals surface area (Å²) in [7, 11) is 7.86. The Balaban J connectivity index is 1.74. The molecule has 1 aliphatic heterocycles. The van der Waals surface area contributed by atoms with Crippen LogP contribution < -0.4 is 10.5 Å². The number of carbonyl (C=O) groups excluding carboxylic acids is 1. The van der Waals surface area contributed by atoms with Gasteiger partial charge >= 0.3 is 0 Å². The number of imidazole rings is 1. The first-order valence-corrected chi connectivity index (χ1v) is 13.6. The fraction of sp³-hybridized carbons (Fsp3) is 0.452. The van der Waals surface area contributed by atoms with E-state index in [9.17, 15) is 10.1 Å². The molecule has 2 aromatic carbocycles. The Labute approximate surface area is 232 Å². The van der Waals surface area contributed by atoms with Crippen molar-refractivity contribution in [1.82, 2.24) is 19.4 Å². The summed E-state index contributed by atoms with van der Waals surface area (Å²) in [5, 5.41) is 9.89. The molecule has 206 valence electrons. The molecule has 1 saturated heterocycles. The van der Waals surface area contributed by atoms with Crippen LogP contribution in [0.1, 0.15) is 66.6 Å². The summed E-state index contributed by atoms with van der Waals surface area (Å²) in [6.07, 6.45) is 7.70. The Morgan fingerprint density at radius 2 is 1.97 bits per heavy atom.